The zero-order valence-electron chi connectivity index (χ0n) is 15.7. The number of ether oxygens (including phenoxy) is 1. The lowest BCUT2D eigenvalue weighted by molar-refractivity contribution is 0.100. The molecule has 0 unspecified atom stereocenters. The van der Waals surface area contributed by atoms with Gasteiger partial charge in [0.05, 0.1) is 28.8 Å². The van der Waals surface area contributed by atoms with Crippen LogP contribution in [0.5, 0.6) is 5.75 Å². The molecule has 142 valence electrons. The van der Waals surface area contributed by atoms with E-state index in [2.05, 4.69) is 33.7 Å². The quantitative estimate of drug-likeness (QED) is 0.567. The normalized spacial score (nSPS) is 11.2. The first-order chi connectivity index (χ1) is 13.1. The highest BCUT2D eigenvalue weighted by molar-refractivity contribution is 6.04. The molecule has 3 rings (SSSR count). The molecule has 0 aliphatic rings. The minimum Gasteiger partial charge on any atom is -0.493 e. The van der Waals surface area contributed by atoms with Crippen LogP contribution >= 0.6 is 0 Å². The van der Waals surface area contributed by atoms with Crippen LogP contribution in [0.25, 0.3) is 22.4 Å². The van der Waals surface area contributed by atoms with Gasteiger partial charge in [-0.05, 0) is 37.7 Å². The Morgan fingerprint density at radius 2 is 2.07 bits per heavy atom. The summed E-state index contributed by atoms with van der Waals surface area (Å²) in [6, 6.07) is 7.11. The molecule has 3 aromatic rings. The van der Waals surface area contributed by atoms with Crippen LogP contribution in [0.1, 0.15) is 30.6 Å². The molecule has 3 N–H and O–H groups in total. The van der Waals surface area contributed by atoms with Gasteiger partial charge >= 0.3 is 0 Å². The molecule has 0 aliphatic carbocycles. The molecule has 0 spiro atoms. The van der Waals surface area contributed by atoms with Crippen molar-refractivity contribution in [1.29, 1.82) is 0 Å². The maximum Gasteiger partial charge on any atom is 0.250 e. The minimum atomic E-state index is -0.491. The molecule has 0 bridgehead atoms. The van der Waals surface area contributed by atoms with Crippen molar-refractivity contribution in [2.24, 2.45) is 5.73 Å². The topological polar surface area (TPSA) is 97.1 Å². The average Bonchev–Trinajstić information content (AvgIpc) is 3.12. The largest absolute Gasteiger partial charge is 0.493 e. The van der Waals surface area contributed by atoms with Crippen molar-refractivity contribution in [1.82, 2.24) is 19.9 Å². The van der Waals surface area contributed by atoms with E-state index in [1.54, 1.807) is 24.5 Å². The molecule has 0 saturated heterocycles. The summed E-state index contributed by atoms with van der Waals surface area (Å²) in [6.07, 6.45) is 4.34. The molecule has 0 fully saturated rings. The molecule has 0 aliphatic heterocycles. The van der Waals surface area contributed by atoms with Gasteiger partial charge in [-0.15, -0.1) is 0 Å². The maximum absolute atomic E-state index is 11.6. The van der Waals surface area contributed by atoms with E-state index < -0.39 is 5.91 Å². The first-order valence-corrected chi connectivity index (χ1v) is 9.22. The van der Waals surface area contributed by atoms with E-state index in [0.717, 1.165) is 31.6 Å². The van der Waals surface area contributed by atoms with Gasteiger partial charge in [0, 0.05) is 18.9 Å². The van der Waals surface area contributed by atoms with Crippen molar-refractivity contribution < 1.29 is 9.53 Å². The Kier molecular flexibility index (Phi) is 6.03. The summed E-state index contributed by atoms with van der Waals surface area (Å²) in [7, 11) is 0. The fraction of sp³-hybridized carbons (Fsp3) is 0.350. The van der Waals surface area contributed by atoms with Crippen molar-refractivity contribution in [3.63, 3.8) is 0 Å². The third-order valence-electron chi connectivity index (χ3n) is 4.59. The van der Waals surface area contributed by atoms with Gasteiger partial charge in [0.1, 0.15) is 11.6 Å². The third-order valence-corrected chi connectivity index (χ3v) is 4.59. The summed E-state index contributed by atoms with van der Waals surface area (Å²) in [5.74, 6) is 0.824. The zero-order chi connectivity index (χ0) is 19.2. The van der Waals surface area contributed by atoms with Crippen molar-refractivity contribution in [3.05, 3.63) is 42.2 Å². The first-order valence-electron chi connectivity index (χ1n) is 9.22. The van der Waals surface area contributed by atoms with E-state index in [0.29, 0.717) is 34.8 Å². The van der Waals surface area contributed by atoms with E-state index >= 15 is 0 Å². The number of hydrogen-bond acceptors (Lipinski definition) is 5. The Balaban J connectivity index is 1.81. The lowest BCUT2D eigenvalue weighted by Gasteiger charge is -2.18. The summed E-state index contributed by atoms with van der Waals surface area (Å²) in [4.78, 5) is 26.0. The number of imidazole rings is 1. The van der Waals surface area contributed by atoms with E-state index in [1.165, 1.54) is 0 Å². The molecule has 27 heavy (non-hydrogen) atoms. The predicted octanol–water partition coefficient (Wildman–Crippen LogP) is 2.83. The van der Waals surface area contributed by atoms with E-state index in [-0.39, 0.29) is 0 Å². The first kappa shape index (κ1) is 18.8. The van der Waals surface area contributed by atoms with Gasteiger partial charge in [-0.3, -0.25) is 9.78 Å². The van der Waals surface area contributed by atoms with Crippen LogP contribution in [0.15, 0.2) is 36.7 Å². The summed E-state index contributed by atoms with van der Waals surface area (Å²) < 4.78 is 5.99. The number of aromatic nitrogens is 3. The third kappa shape index (κ3) is 4.25. The smallest absolute Gasteiger partial charge is 0.250 e. The number of rotatable bonds is 9. The number of nitrogens with one attached hydrogen (secondary N) is 1. The molecule has 0 saturated carbocycles. The van der Waals surface area contributed by atoms with Crippen molar-refractivity contribution in [2.45, 2.75) is 20.3 Å². The lowest BCUT2D eigenvalue weighted by atomic mass is 10.2. The second-order valence-electron chi connectivity index (χ2n) is 6.25. The van der Waals surface area contributed by atoms with Crippen LogP contribution in [-0.2, 0) is 0 Å². The van der Waals surface area contributed by atoms with Crippen LogP contribution in [0, 0.1) is 0 Å². The van der Waals surface area contributed by atoms with Crippen LogP contribution in [0.3, 0.4) is 0 Å². The SMILES string of the molecule is CCN(CC)CCCOc1ccncc1-c1nc2cccc(C(N)=O)c2[nH]1. The van der Waals surface area contributed by atoms with Crippen molar-refractivity contribution >= 4 is 16.9 Å². The summed E-state index contributed by atoms with van der Waals surface area (Å²) in [6.45, 7) is 8.01. The van der Waals surface area contributed by atoms with Crippen LogP contribution in [0.4, 0.5) is 0 Å². The van der Waals surface area contributed by atoms with Gasteiger partial charge in [-0.2, -0.15) is 0 Å². The Bertz CT molecular complexity index is 918. The number of H-pyrrole nitrogens is 1. The van der Waals surface area contributed by atoms with Crippen LogP contribution < -0.4 is 10.5 Å². The number of hydrogen-bond donors (Lipinski definition) is 2. The van der Waals surface area contributed by atoms with Gasteiger partial charge in [0.25, 0.3) is 5.91 Å². The standard InChI is InChI=1S/C20H25N5O2/c1-3-25(4-2)11-6-12-27-17-9-10-22-13-15(17)20-23-16-8-5-7-14(19(21)26)18(16)24-20/h5,7-10,13H,3-4,6,11-12H2,1-2H3,(H2,21,26)(H,23,24). The number of pyridine rings is 1. The molecule has 1 amide bonds. The van der Waals surface area contributed by atoms with E-state index in [9.17, 15) is 4.79 Å². The van der Waals surface area contributed by atoms with Crippen LogP contribution in [-0.4, -0.2) is 52.0 Å². The van der Waals surface area contributed by atoms with Gasteiger partial charge in [-0.1, -0.05) is 19.9 Å². The van der Waals surface area contributed by atoms with Crippen molar-refractivity contribution in [3.8, 4) is 17.1 Å². The number of para-hydroxylation sites is 1. The molecule has 2 heterocycles. The Labute approximate surface area is 158 Å². The summed E-state index contributed by atoms with van der Waals surface area (Å²) in [5.41, 5.74) is 7.93. The highest BCUT2D eigenvalue weighted by Crippen LogP contribution is 2.29. The molecular formula is C20H25N5O2. The van der Waals surface area contributed by atoms with Gasteiger partial charge < -0.3 is 20.4 Å². The Morgan fingerprint density at radius 1 is 1.26 bits per heavy atom. The number of carbonyl (C=O) groups excluding carboxylic acids is 1. The molecule has 2 aromatic heterocycles. The second kappa shape index (κ2) is 8.64. The molecule has 0 radical (unpaired) electrons. The fourth-order valence-electron chi connectivity index (χ4n) is 3.06. The number of benzene rings is 1. The maximum atomic E-state index is 11.6. The molecular weight excluding hydrogens is 342 g/mol. The molecule has 7 nitrogen and oxygen atoms in total. The Hall–Kier alpha value is -2.93. The predicted molar refractivity (Wildman–Crippen MR) is 106 cm³/mol. The minimum absolute atomic E-state index is 0.414. The zero-order valence-corrected chi connectivity index (χ0v) is 15.7. The summed E-state index contributed by atoms with van der Waals surface area (Å²) in [5, 5.41) is 0. The number of fused-ring (bicyclic) bond motifs is 1. The summed E-state index contributed by atoms with van der Waals surface area (Å²) >= 11 is 0. The molecule has 1 aromatic carbocycles. The van der Waals surface area contributed by atoms with Gasteiger partial charge in [0.15, 0.2) is 0 Å². The number of amides is 1. The van der Waals surface area contributed by atoms with Gasteiger partial charge in [-0.25, -0.2) is 4.98 Å². The number of carbonyl (C=O) groups is 1. The highest BCUT2D eigenvalue weighted by atomic mass is 16.5. The number of aromatic amines is 1. The average molecular weight is 367 g/mol. The number of primary amides is 1. The van der Waals surface area contributed by atoms with Gasteiger partial charge in [0.2, 0.25) is 0 Å². The van der Waals surface area contributed by atoms with Crippen LogP contribution in [0.2, 0.25) is 0 Å². The van der Waals surface area contributed by atoms with E-state index in [1.807, 2.05) is 12.1 Å². The fourth-order valence-corrected chi connectivity index (χ4v) is 3.06. The monoisotopic (exact) mass is 367 g/mol. The lowest BCUT2D eigenvalue weighted by Crippen LogP contribution is -2.25. The highest BCUT2D eigenvalue weighted by Gasteiger charge is 2.15. The second-order valence-corrected chi connectivity index (χ2v) is 6.25. The Morgan fingerprint density at radius 3 is 2.81 bits per heavy atom. The number of nitrogens with two attached hydrogens (primary N) is 1. The molecule has 0 atom stereocenters. The van der Waals surface area contributed by atoms with E-state index in [4.69, 9.17) is 10.5 Å². The van der Waals surface area contributed by atoms with Crippen molar-refractivity contribution in [2.75, 3.05) is 26.2 Å². The molecule has 7 heteroatoms. The number of nitrogens with zero attached hydrogens (tertiary/aromatic N) is 3.